The van der Waals surface area contributed by atoms with E-state index in [1.165, 1.54) is 0 Å². The molecule has 0 aromatic heterocycles. The standard InChI is InChI=1S/C16H28N2O3/c1-10(15(21)17-16(2,3)4)18-12-5-6-13(18)8-11(7-12)9-14(19)20/h10-13H,5-9H2,1-4H3,(H,17,21)(H,19,20). The summed E-state index contributed by atoms with van der Waals surface area (Å²) in [5.41, 5.74) is -0.216. The third-order valence-corrected chi connectivity index (χ3v) is 4.68. The number of carboxylic acids is 1. The maximum absolute atomic E-state index is 12.4. The lowest BCUT2D eigenvalue weighted by atomic mass is 9.87. The predicted molar refractivity (Wildman–Crippen MR) is 81.0 cm³/mol. The van der Waals surface area contributed by atoms with E-state index in [2.05, 4.69) is 10.2 Å². The summed E-state index contributed by atoms with van der Waals surface area (Å²) >= 11 is 0. The van der Waals surface area contributed by atoms with Gasteiger partial charge in [0.15, 0.2) is 0 Å². The molecule has 21 heavy (non-hydrogen) atoms. The van der Waals surface area contributed by atoms with Crippen LogP contribution in [0.15, 0.2) is 0 Å². The number of nitrogens with one attached hydrogen (secondary N) is 1. The van der Waals surface area contributed by atoms with Crippen molar-refractivity contribution >= 4 is 11.9 Å². The lowest BCUT2D eigenvalue weighted by Crippen LogP contribution is -2.56. The number of nitrogens with zero attached hydrogens (tertiary/aromatic N) is 1. The van der Waals surface area contributed by atoms with Crippen molar-refractivity contribution in [3.05, 3.63) is 0 Å². The molecular weight excluding hydrogens is 268 g/mol. The zero-order valence-corrected chi connectivity index (χ0v) is 13.6. The van der Waals surface area contributed by atoms with E-state index in [4.69, 9.17) is 5.11 Å². The Kier molecular flexibility index (Phi) is 4.61. The van der Waals surface area contributed by atoms with Crippen LogP contribution in [0.1, 0.15) is 59.8 Å². The van der Waals surface area contributed by atoms with Gasteiger partial charge in [-0.2, -0.15) is 0 Å². The summed E-state index contributed by atoms with van der Waals surface area (Å²) < 4.78 is 0. The number of carboxylic acid groups (broad SMARTS) is 1. The molecule has 0 aliphatic carbocycles. The van der Waals surface area contributed by atoms with Gasteiger partial charge in [0.1, 0.15) is 0 Å². The number of carbonyl (C=O) groups is 2. The van der Waals surface area contributed by atoms with E-state index < -0.39 is 5.97 Å². The highest BCUT2D eigenvalue weighted by Gasteiger charge is 2.44. The Morgan fingerprint density at radius 2 is 1.76 bits per heavy atom. The molecule has 5 heteroatoms. The maximum Gasteiger partial charge on any atom is 0.303 e. The summed E-state index contributed by atoms with van der Waals surface area (Å²) in [6.45, 7) is 7.95. The summed E-state index contributed by atoms with van der Waals surface area (Å²) in [5.74, 6) is -0.350. The smallest absolute Gasteiger partial charge is 0.303 e. The first-order chi connectivity index (χ1) is 9.67. The Balaban J connectivity index is 1.99. The van der Waals surface area contributed by atoms with Crippen LogP contribution in [0, 0.1) is 5.92 Å². The fourth-order valence-corrected chi connectivity index (χ4v) is 3.98. The second kappa shape index (κ2) is 5.95. The molecule has 2 saturated heterocycles. The average Bonchev–Trinajstić information content (AvgIpc) is 2.57. The van der Waals surface area contributed by atoms with E-state index in [9.17, 15) is 9.59 Å². The second-order valence-corrected chi connectivity index (χ2v) is 7.68. The SMILES string of the molecule is CC(C(=O)NC(C)(C)C)N1C2CCC1CC(CC(=O)O)C2. The van der Waals surface area contributed by atoms with Gasteiger partial charge in [0.2, 0.25) is 5.91 Å². The molecule has 0 aromatic rings. The van der Waals surface area contributed by atoms with Gasteiger partial charge in [-0.3, -0.25) is 14.5 Å². The van der Waals surface area contributed by atoms with Gasteiger partial charge in [-0.15, -0.1) is 0 Å². The Bertz CT molecular complexity index is 402. The van der Waals surface area contributed by atoms with E-state index in [0.29, 0.717) is 12.1 Å². The molecule has 0 radical (unpaired) electrons. The van der Waals surface area contributed by atoms with Gasteiger partial charge in [-0.25, -0.2) is 0 Å². The van der Waals surface area contributed by atoms with Crippen molar-refractivity contribution in [3.63, 3.8) is 0 Å². The molecule has 2 rings (SSSR count). The zero-order chi connectivity index (χ0) is 15.8. The molecule has 2 bridgehead atoms. The van der Waals surface area contributed by atoms with Gasteiger partial charge in [0, 0.05) is 24.0 Å². The average molecular weight is 296 g/mol. The molecule has 2 aliphatic rings. The van der Waals surface area contributed by atoms with Crippen LogP contribution >= 0.6 is 0 Å². The van der Waals surface area contributed by atoms with Gasteiger partial charge in [-0.1, -0.05) is 0 Å². The molecule has 2 fully saturated rings. The summed E-state index contributed by atoms with van der Waals surface area (Å²) in [4.78, 5) is 25.6. The van der Waals surface area contributed by atoms with Crippen molar-refractivity contribution in [2.75, 3.05) is 0 Å². The number of amides is 1. The van der Waals surface area contributed by atoms with E-state index >= 15 is 0 Å². The number of piperidine rings is 1. The minimum Gasteiger partial charge on any atom is -0.481 e. The summed E-state index contributed by atoms with van der Waals surface area (Å²) in [6.07, 6.45) is 4.27. The van der Waals surface area contributed by atoms with Crippen LogP contribution in [0.5, 0.6) is 0 Å². The quantitative estimate of drug-likeness (QED) is 0.832. The molecule has 2 N–H and O–H groups in total. The monoisotopic (exact) mass is 296 g/mol. The molecule has 0 spiro atoms. The Hall–Kier alpha value is -1.10. The highest BCUT2D eigenvalue weighted by atomic mass is 16.4. The molecule has 120 valence electrons. The van der Waals surface area contributed by atoms with E-state index in [-0.39, 0.29) is 29.8 Å². The minimum absolute atomic E-state index is 0.0797. The summed E-state index contributed by atoms with van der Waals surface area (Å²) in [6, 6.07) is 0.607. The number of hydrogen-bond donors (Lipinski definition) is 2. The Morgan fingerprint density at radius 1 is 1.24 bits per heavy atom. The molecule has 2 heterocycles. The zero-order valence-electron chi connectivity index (χ0n) is 13.6. The molecule has 3 atom stereocenters. The molecule has 2 aliphatic heterocycles. The lowest BCUT2D eigenvalue weighted by Gasteiger charge is -2.42. The van der Waals surface area contributed by atoms with Crippen LogP contribution in [0.3, 0.4) is 0 Å². The Labute approximate surface area is 127 Å². The highest BCUT2D eigenvalue weighted by Crippen LogP contribution is 2.41. The first kappa shape index (κ1) is 16.3. The van der Waals surface area contributed by atoms with Crippen LogP contribution in [0.25, 0.3) is 0 Å². The first-order valence-electron chi connectivity index (χ1n) is 7.98. The highest BCUT2D eigenvalue weighted by molar-refractivity contribution is 5.82. The Morgan fingerprint density at radius 3 is 2.19 bits per heavy atom. The van der Waals surface area contributed by atoms with Gasteiger partial charge in [-0.05, 0) is 59.3 Å². The third kappa shape index (κ3) is 3.96. The fraction of sp³-hybridized carbons (Fsp3) is 0.875. The summed E-state index contributed by atoms with van der Waals surface area (Å²) in [5, 5.41) is 12.0. The van der Waals surface area contributed by atoms with Crippen molar-refractivity contribution in [3.8, 4) is 0 Å². The topological polar surface area (TPSA) is 69.6 Å². The van der Waals surface area contributed by atoms with Gasteiger partial charge < -0.3 is 10.4 Å². The number of fused-ring (bicyclic) bond motifs is 2. The van der Waals surface area contributed by atoms with E-state index in [1.807, 2.05) is 27.7 Å². The number of rotatable bonds is 4. The normalized spacial score (nSPS) is 31.0. The van der Waals surface area contributed by atoms with Crippen molar-refractivity contribution in [1.29, 1.82) is 0 Å². The molecular formula is C16H28N2O3. The largest absolute Gasteiger partial charge is 0.481 e. The van der Waals surface area contributed by atoms with Crippen LogP contribution < -0.4 is 5.32 Å². The van der Waals surface area contributed by atoms with Crippen LogP contribution in [-0.2, 0) is 9.59 Å². The maximum atomic E-state index is 12.4. The third-order valence-electron chi connectivity index (χ3n) is 4.68. The van der Waals surface area contributed by atoms with Crippen molar-refractivity contribution in [2.45, 2.75) is 83.5 Å². The first-order valence-corrected chi connectivity index (χ1v) is 7.98. The molecule has 1 amide bonds. The lowest BCUT2D eigenvalue weighted by molar-refractivity contribution is -0.139. The summed E-state index contributed by atoms with van der Waals surface area (Å²) in [7, 11) is 0. The minimum atomic E-state index is -0.702. The van der Waals surface area contributed by atoms with Crippen LogP contribution in [0.4, 0.5) is 0 Å². The van der Waals surface area contributed by atoms with Crippen LogP contribution in [0.2, 0.25) is 0 Å². The van der Waals surface area contributed by atoms with Gasteiger partial charge in [0.25, 0.3) is 0 Å². The van der Waals surface area contributed by atoms with E-state index in [0.717, 1.165) is 25.7 Å². The predicted octanol–water partition coefficient (Wildman–Crippen LogP) is 2.01. The molecule has 5 nitrogen and oxygen atoms in total. The number of hydrogen-bond acceptors (Lipinski definition) is 3. The number of carbonyl (C=O) groups excluding carboxylic acids is 1. The van der Waals surface area contributed by atoms with Gasteiger partial charge >= 0.3 is 5.97 Å². The molecule has 0 aromatic carbocycles. The molecule has 3 unspecified atom stereocenters. The molecule has 0 saturated carbocycles. The van der Waals surface area contributed by atoms with Crippen LogP contribution in [-0.4, -0.2) is 45.5 Å². The van der Waals surface area contributed by atoms with E-state index in [1.54, 1.807) is 0 Å². The number of aliphatic carboxylic acids is 1. The van der Waals surface area contributed by atoms with Crippen molar-refractivity contribution in [1.82, 2.24) is 10.2 Å². The van der Waals surface area contributed by atoms with Gasteiger partial charge in [0.05, 0.1) is 6.04 Å². The second-order valence-electron chi connectivity index (χ2n) is 7.68. The fourth-order valence-electron chi connectivity index (χ4n) is 3.98. The van der Waals surface area contributed by atoms with Crippen molar-refractivity contribution < 1.29 is 14.7 Å². The van der Waals surface area contributed by atoms with Crippen molar-refractivity contribution in [2.24, 2.45) is 5.92 Å².